The van der Waals surface area contributed by atoms with Crippen molar-refractivity contribution >= 4 is 15.9 Å². The Balaban J connectivity index is 1.82. The molecule has 0 saturated heterocycles. The van der Waals surface area contributed by atoms with E-state index >= 15 is 0 Å². The molecule has 1 heterocycles. The first-order chi connectivity index (χ1) is 14.8. The lowest BCUT2D eigenvalue weighted by atomic mass is 10.0. The van der Waals surface area contributed by atoms with Crippen molar-refractivity contribution in [2.45, 2.75) is 17.4 Å². The zero-order valence-corrected chi connectivity index (χ0v) is 17.4. The molecule has 0 fully saturated rings. The molecule has 1 aromatic heterocycles. The van der Waals surface area contributed by atoms with E-state index in [1.54, 1.807) is 36.1 Å². The van der Waals surface area contributed by atoms with Gasteiger partial charge < -0.3 is 9.88 Å². The van der Waals surface area contributed by atoms with Crippen LogP contribution < -0.4 is 10.0 Å². The van der Waals surface area contributed by atoms with Gasteiger partial charge in [0.1, 0.15) is 17.7 Å². The second-order valence-corrected chi connectivity index (χ2v) is 8.46. The van der Waals surface area contributed by atoms with Crippen LogP contribution in [0.5, 0.6) is 0 Å². The largest absolute Gasteiger partial charge is 0.338 e. The van der Waals surface area contributed by atoms with Gasteiger partial charge in [-0.15, -0.1) is 0 Å². The normalized spacial score (nSPS) is 12.2. The predicted molar refractivity (Wildman–Crippen MR) is 111 cm³/mol. The minimum atomic E-state index is -3.77. The van der Waals surface area contributed by atoms with E-state index in [2.05, 4.69) is 15.0 Å². The second-order valence-electron chi connectivity index (χ2n) is 6.69. The number of sulfonamides is 1. The van der Waals surface area contributed by atoms with Crippen LogP contribution in [0.15, 0.2) is 65.8 Å². The number of carbonyl (C=O) groups excluding carboxylic acids is 1. The van der Waals surface area contributed by atoms with Crippen LogP contribution in [-0.4, -0.2) is 30.4 Å². The highest BCUT2D eigenvalue weighted by molar-refractivity contribution is 7.89. The van der Waals surface area contributed by atoms with Crippen molar-refractivity contribution < 1.29 is 17.6 Å². The van der Waals surface area contributed by atoms with Crippen LogP contribution in [0.3, 0.4) is 0 Å². The van der Waals surface area contributed by atoms with Crippen molar-refractivity contribution in [1.29, 1.82) is 5.26 Å². The van der Waals surface area contributed by atoms with E-state index in [1.165, 1.54) is 36.4 Å². The molecule has 1 atom stereocenters. The third-order valence-electron chi connectivity index (χ3n) is 4.53. The van der Waals surface area contributed by atoms with Crippen molar-refractivity contribution in [3.8, 4) is 6.07 Å². The quantitative estimate of drug-likeness (QED) is 0.520. The number of aromatic nitrogens is 2. The van der Waals surface area contributed by atoms with Crippen molar-refractivity contribution in [3.63, 3.8) is 0 Å². The summed E-state index contributed by atoms with van der Waals surface area (Å²) in [6, 6.07) is 12.4. The van der Waals surface area contributed by atoms with Gasteiger partial charge in [0.2, 0.25) is 10.0 Å². The summed E-state index contributed by atoms with van der Waals surface area (Å²) in [5.41, 5.74) is 0.745. The number of benzene rings is 2. The minimum absolute atomic E-state index is 0.0000505. The molecule has 1 unspecified atom stereocenters. The van der Waals surface area contributed by atoms with E-state index in [4.69, 9.17) is 5.26 Å². The fourth-order valence-electron chi connectivity index (χ4n) is 2.96. The molecule has 160 valence electrons. The number of nitriles is 1. The fraction of sp³-hybridized carbons (Fsp3) is 0.190. The summed E-state index contributed by atoms with van der Waals surface area (Å²) < 4.78 is 42.2. The third-order valence-corrected chi connectivity index (χ3v) is 6.01. The molecule has 1 amide bonds. The van der Waals surface area contributed by atoms with Crippen LogP contribution >= 0.6 is 0 Å². The molecule has 0 bridgehead atoms. The summed E-state index contributed by atoms with van der Waals surface area (Å²) in [7, 11) is -2.01. The molecule has 2 N–H and O–H groups in total. The Bertz CT molecular complexity index is 1220. The summed E-state index contributed by atoms with van der Waals surface area (Å²) in [4.78, 5) is 17.1. The standard InChI is InChI=1S/C21H20FN5O3S/c1-27-13-12-24-20(27)19(16-4-2-5-17(22)14-16)26-21(28)15-6-8-18(9-7-15)31(29,30)25-11-3-10-23/h2,4-9,12-14,19,25H,3,11H2,1H3,(H,26,28). The van der Waals surface area contributed by atoms with Crippen LogP contribution in [0, 0.1) is 17.1 Å². The van der Waals surface area contributed by atoms with Gasteiger partial charge in [-0.1, -0.05) is 12.1 Å². The Morgan fingerprint density at radius 2 is 2.00 bits per heavy atom. The topological polar surface area (TPSA) is 117 Å². The number of hydrogen-bond donors (Lipinski definition) is 2. The van der Waals surface area contributed by atoms with Crippen molar-refractivity contribution in [3.05, 3.63) is 83.7 Å². The van der Waals surface area contributed by atoms with Gasteiger partial charge in [0.15, 0.2) is 0 Å². The molecule has 31 heavy (non-hydrogen) atoms. The Kier molecular flexibility index (Phi) is 6.79. The van der Waals surface area contributed by atoms with Crippen molar-refractivity contribution in [2.24, 2.45) is 7.05 Å². The van der Waals surface area contributed by atoms with Crippen LogP contribution in [0.25, 0.3) is 0 Å². The Hall–Kier alpha value is -3.55. The van der Waals surface area contributed by atoms with Gasteiger partial charge in [-0.05, 0) is 42.0 Å². The maximum atomic E-state index is 13.8. The van der Waals surface area contributed by atoms with Crippen molar-refractivity contribution in [1.82, 2.24) is 19.6 Å². The van der Waals surface area contributed by atoms with Gasteiger partial charge >= 0.3 is 0 Å². The number of imidazole rings is 1. The molecule has 10 heteroatoms. The molecule has 2 aromatic carbocycles. The van der Waals surface area contributed by atoms with Gasteiger partial charge in [0.05, 0.1) is 11.0 Å². The number of carbonyl (C=O) groups is 1. The number of rotatable bonds is 8. The van der Waals surface area contributed by atoms with Gasteiger partial charge in [0.25, 0.3) is 5.91 Å². The lowest BCUT2D eigenvalue weighted by Crippen LogP contribution is -2.31. The van der Waals surface area contributed by atoms with Gasteiger partial charge in [-0.3, -0.25) is 4.79 Å². The zero-order valence-electron chi connectivity index (χ0n) is 16.6. The van der Waals surface area contributed by atoms with Crippen LogP contribution in [0.4, 0.5) is 4.39 Å². The number of amides is 1. The highest BCUT2D eigenvalue weighted by Gasteiger charge is 2.22. The predicted octanol–water partition coefficient (Wildman–Crippen LogP) is 2.27. The fourth-order valence-corrected chi connectivity index (χ4v) is 3.99. The van der Waals surface area contributed by atoms with Gasteiger partial charge in [-0.2, -0.15) is 5.26 Å². The van der Waals surface area contributed by atoms with Crippen LogP contribution in [0.2, 0.25) is 0 Å². The highest BCUT2D eigenvalue weighted by atomic mass is 32.2. The van der Waals surface area contributed by atoms with E-state index in [9.17, 15) is 17.6 Å². The smallest absolute Gasteiger partial charge is 0.252 e. The molecular weight excluding hydrogens is 421 g/mol. The van der Waals surface area contributed by atoms with E-state index in [0.29, 0.717) is 11.4 Å². The molecule has 0 aliphatic carbocycles. The summed E-state index contributed by atoms with van der Waals surface area (Å²) in [6.45, 7) is 0.0000505. The molecule has 8 nitrogen and oxygen atoms in total. The number of halogens is 1. The molecule has 0 aliphatic rings. The van der Waals surface area contributed by atoms with Gasteiger partial charge in [0, 0.05) is 38.0 Å². The van der Waals surface area contributed by atoms with Gasteiger partial charge in [-0.25, -0.2) is 22.5 Å². The number of nitrogens with zero attached hydrogens (tertiary/aromatic N) is 3. The average molecular weight is 441 g/mol. The Labute approximate surface area is 179 Å². The highest BCUT2D eigenvalue weighted by Crippen LogP contribution is 2.22. The number of hydrogen-bond acceptors (Lipinski definition) is 5. The summed E-state index contributed by atoms with van der Waals surface area (Å²) in [5.74, 6) is -0.400. The van der Waals surface area contributed by atoms with E-state index in [0.717, 1.165) is 0 Å². The molecule has 3 rings (SSSR count). The van der Waals surface area contributed by atoms with Crippen molar-refractivity contribution in [2.75, 3.05) is 6.54 Å². The maximum Gasteiger partial charge on any atom is 0.252 e. The molecule has 0 radical (unpaired) electrons. The molecular formula is C21H20FN5O3S. The minimum Gasteiger partial charge on any atom is -0.338 e. The Morgan fingerprint density at radius 3 is 2.61 bits per heavy atom. The van der Waals surface area contributed by atoms with E-state index in [-0.39, 0.29) is 23.4 Å². The molecule has 3 aromatic rings. The maximum absolute atomic E-state index is 13.8. The average Bonchev–Trinajstić information content (AvgIpc) is 3.17. The Morgan fingerprint density at radius 1 is 1.26 bits per heavy atom. The lowest BCUT2D eigenvalue weighted by molar-refractivity contribution is 0.0941. The summed E-state index contributed by atoms with van der Waals surface area (Å²) >= 11 is 0. The lowest BCUT2D eigenvalue weighted by Gasteiger charge is -2.19. The molecule has 0 spiro atoms. The second kappa shape index (κ2) is 9.51. The SMILES string of the molecule is Cn1ccnc1C(NC(=O)c1ccc(S(=O)(=O)NCCC#N)cc1)c1cccc(F)c1. The van der Waals surface area contributed by atoms with Crippen LogP contribution in [-0.2, 0) is 17.1 Å². The summed E-state index contributed by atoms with van der Waals surface area (Å²) in [6.07, 6.45) is 3.34. The molecule has 0 saturated carbocycles. The van der Waals surface area contributed by atoms with Crippen LogP contribution in [0.1, 0.15) is 34.2 Å². The first-order valence-electron chi connectivity index (χ1n) is 9.32. The molecule has 0 aliphatic heterocycles. The summed E-state index contributed by atoms with van der Waals surface area (Å²) in [5, 5.41) is 11.4. The van der Waals surface area contributed by atoms with E-state index in [1.807, 2.05) is 6.07 Å². The van der Waals surface area contributed by atoms with E-state index < -0.39 is 27.8 Å². The number of aryl methyl sites for hydroxylation is 1. The number of nitrogens with one attached hydrogen (secondary N) is 2. The first-order valence-corrected chi connectivity index (χ1v) is 10.8. The first kappa shape index (κ1) is 22.1. The monoisotopic (exact) mass is 441 g/mol. The third kappa shape index (κ3) is 5.33. The zero-order chi connectivity index (χ0) is 22.4.